The Morgan fingerprint density at radius 3 is 2.68 bits per heavy atom. The van der Waals surface area contributed by atoms with Crippen molar-refractivity contribution in [2.45, 2.75) is 13.8 Å². The fraction of sp³-hybridized carbons (Fsp3) is 0.429. The lowest BCUT2D eigenvalue weighted by Crippen LogP contribution is -2.28. The van der Waals surface area contributed by atoms with E-state index in [-0.39, 0.29) is 17.6 Å². The Morgan fingerprint density at radius 2 is 2.11 bits per heavy atom. The number of benzene rings is 1. The van der Waals surface area contributed by atoms with E-state index < -0.39 is 5.76 Å². The fourth-order valence-corrected chi connectivity index (χ4v) is 2.18. The second-order valence-corrected chi connectivity index (χ2v) is 5.06. The van der Waals surface area contributed by atoms with Crippen LogP contribution in [-0.4, -0.2) is 16.9 Å². The van der Waals surface area contributed by atoms with Crippen LogP contribution in [0, 0.1) is 11.8 Å². The molecule has 0 spiro atoms. The Morgan fingerprint density at radius 1 is 1.42 bits per heavy atom. The van der Waals surface area contributed by atoms with Crippen LogP contribution in [0.3, 0.4) is 0 Å². The van der Waals surface area contributed by atoms with Gasteiger partial charge >= 0.3 is 5.76 Å². The number of hydrogen-bond acceptors (Lipinski definition) is 4. The van der Waals surface area contributed by atoms with E-state index in [1.807, 2.05) is 13.8 Å². The molecule has 2 rings (SSSR count). The summed E-state index contributed by atoms with van der Waals surface area (Å²) in [5.74, 6) is -0.449. The van der Waals surface area contributed by atoms with Crippen molar-refractivity contribution in [3.05, 3.63) is 34.3 Å². The molecule has 0 saturated carbocycles. The van der Waals surface area contributed by atoms with E-state index >= 15 is 0 Å². The molecule has 0 radical (unpaired) electrons. The molecule has 102 valence electrons. The minimum Gasteiger partial charge on any atom is -0.408 e. The number of oxazole rings is 1. The van der Waals surface area contributed by atoms with Crippen molar-refractivity contribution in [2.24, 2.45) is 24.6 Å². The number of ketones is 1. The van der Waals surface area contributed by atoms with E-state index in [4.69, 9.17) is 10.2 Å². The molecule has 0 amide bonds. The first-order valence-electron chi connectivity index (χ1n) is 6.29. The number of Topliss-reactive ketones (excluding diaryl/α,β-unsaturated/α-hetero) is 1. The molecular formula is C14H18N2O3. The first kappa shape index (κ1) is 13.5. The summed E-state index contributed by atoms with van der Waals surface area (Å²) >= 11 is 0. The number of fused-ring (bicyclic) bond motifs is 1. The van der Waals surface area contributed by atoms with Gasteiger partial charge in [0, 0.05) is 25.1 Å². The highest BCUT2D eigenvalue weighted by Gasteiger charge is 2.22. The van der Waals surface area contributed by atoms with Gasteiger partial charge in [0.1, 0.15) is 0 Å². The lowest BCUT2D eigenvalue weighted by atomic mass is 9.88. The highest BCUT2D eigenvalue weighted by atomic mass is 16.4. The number of aryl methyl sites for hydroxylation is 1. The Balaban J connectivity index is 2.48. The normalized spacial score (nSPS) is 13.1. The Bertz CT molecular complexity index is 667. The molecule has 1 atom stereocenters. The van der Waals surface area contributed by atoms with E-state index in [2.05, 4.69) is 0 Å². The van der Waals surface area contributed by atoms with Gasteiger partial charge in [-0.3, -0.25) is 9.36 Å². The van der Waals surface area contributed by atoms with Crippen LogP contribution in [-0.2, 0) is 7.05 Å². The molecule has 0 aliphatic rings. The van der Waals surface area contributed by atoms with Crippen molar-refractivity contribution in [1.29, 1.82) is 0 Å². The van der Waals surface area contributed by atoms with Gasteiger partial charge in [0.2, 0.25) is 0 Å². The quantitative estimate of drug-likeness (QED) is 0.848. The summed E-state index contributed by atoms with van der Waals surface area (Å²) in [4.78, 5) is 23.8. The highest BCUT2D eigenvalue weighted by Crippen LogP contribution is 2.20. The summed E-state index contributed by atoms with van der Waals surface area (Å²) < 4.78 is 6.43. The third kappa shape index (κ3) is 2.33. The van der Waals surface area contributed by atoms with Crippen molar-refractivity contribution in [1.82, 2.24) is 4.57 Å². The number of carbonyl (C=O) groups excluding carboxylic acids is 1. The summed E-state index contributed by atoms with van der Waals surface area (Å²) in [5, 5.41) is 0. The Hall–Kier alpha value is -1.88. The van der Waals surface area contributed by atoms with Gasteiger partial charge in [-0.05, 0) is 24.1 Å². The van der Waals surface area contributed by atoms with E-state index in [9.17, 15) is 9.59 Å². The van der Waals surface area contributed by atoms with Gasteiger partial charge in [-0.2, -0.15) is 0 Å². The Kier molecular flexibility index (Phi) is 3.57. The first-order valence-corrected chi connectivity index (χ1v) is 6.29. The smallest absolute Gasteiger partial charge is 0.408 e. The molecule has 2 N–H and O–H groups in total. The second-order valence-electron chi connectivity index (χ2n) is 5.06. The second kappa shape index (κ2) is 5.01. The van der Waals surface area contributed by atoms with Crippen molar-refractivity contribution in [3.63, 3.8) is 0 Å². The van der Waals surface area contributed by atoms with Gasteiger partial charge < -0.3 is 10.2 Å². The molecule has 0 bridgehead atoms. The first-order chi connectivity index (χ1) is 8.95. The van der Waals surface area contributed by atoms with Crippen LogP contribution >= 0.6 is 0 Å². The maximum Gasteiger partial charge on any atom is 0.419 e. The molecule has 0 aliphatic heterocycles. The fourth-order valence-electron chi connectivity index (χ4n) is 2.18. The summed E-state index contributed by atoms with van der Waals surface area (Å²) in [7, 11) is 1.62. The molecule has 1 heterocycles. The van der Waals surface area contributed by atoms with E-state index in [0.29, 0.717) is 23.2 Å². The molecule has 2 aromatic rings. The predicted octanol–water partition coefficient (Wildman–Crippen LogP) is 1.55. The van der Waals surface area contributed by atoms with Gasteiger partial charge in [0.05, 0.1) is 5.52 Å². The van der Waals surface area contributed by atoms with Gasteiger partial charge in [-0.15, -0.1) is 0 Å². The van der Waals surface area contributed by atoms with Crippen LogP contribution in [0.4, 0.5) is 0 Å². The molecule has 5 nitrogen and oxygen atoms in total. The third-order valence-electron chi connectivity index (χ3n) is 3.47. The predicted molar refractivity (Wildman–Crippen MR) is 73.2 cm³/mol. The van der Waals surface area contributed by atoms with Crippen LogP contribution in [0.1, 0.15) is 24.2 Å². The van der Waals surface area contributed by atoms with Crippen molar-refractivity contribution in [3.8, 4) is 0 Å². The summed E-state index contributed by atoms with van der Waals surface area (Å²) in [6.07, 6.45) is 0. The molecule has 0 aliphatic carbocycles. The average molecular weight is 262 g/mol. The maximum absolute atomic E-state index is 12.4. The minimum absolute atomic E-state index is 0.00745. The van der Waals surface area contributed by atoms with Crippen LogP contribution in [0.15, 0.2) is 27.4 Å². The number of rotatable bonds is 4. The molecule has 0 saturated heterocycles. The number of hydrogen-bond donors (Lipinski definition) is 1. The van der Waals surface area contributed by atoms with Crippen molar-refractivity contribution >= 4 is 16.9 Å². The molecular weight excluding hydrogens is 244 g/mol. The summed E-state index contributed by atoms with van der Waals surface area (Å²) in [6, 6.07) is 5.02. The van der Waals surface area contributed by atoms with Crippen LogP contribution < -0.4 is 11.5 Å². The highest BCUT2D eigenvalue weighted by molar-refractivity contribution is 6.00. The van der Waals surface area contributed by atoms with Crippen LogP contribution in [0.25, 0.3) is 11.1 Å². The average Bonchev–Trinajstić information content (AvgIpc) is 2.65. The molecule has 1 aromatic carbocycles. The number of nitrogens with zero attached hydrogens (tertiary/aromatic N) is 1. The minimum atomic E-state index is -0.432. The molecule has 1 unspecified atom stereocenters. The standard InChI is InChI=1S/C14H18N2O3/c1-8(2)10(7-15)13(17)9-4-5-12-11(6-9)16(3)14(18)19-12/h4-6,8,10H,7,15H2,1-3H3. The maximum atomic E-state index is 12.4. The molecule has 0 fully saturated rings. The SMILES string of the molecule is CC(C)C(CN)C(=O)c1ccc2oc(=O)n(C)c2c1. The largest absolute Gasteiger partial charge is 0.419 e. The van der Waals surface area contributed by atoms with Gasteiger partial charge in [0.25, 0.3) is 0 Å². The van der Waals surface area contributed by atoms with Crippen molar-refractivity contribution < 1.29 is 9.21 Å². The number of nitrogens with two attached hydrogens (primary N) is 1. The topological polar surface area (TPSA) is 78.2 Å². The lowest BCUT2D eigenvalue weighted by Gasteiger charge is -2.17. The van der Waals surface area contributed by atoms with Gasteiger partial charge in [-0.1, -0.05) is 13.8 Å². The molecule has 1 aromatic heterocycles. The molecule has 5 heteroatoms. The lowest BCUT2D eigenvalue weighted by molar-refractivity contribution is 0.0892. The number of aromatic nitrogens is 1. The zero-order valence-electron chi connectivity index (χ0n) is 11.3. The Labute approximate surface area is 111 Å². The van der Waals surface area contributed by atoms with Crippen molar-refractivity contribution in [2.75, 3.05) is 6.54 Å². The van der Waals surface area contributed by atoms with E-state index in [0.717, 1.165) is 0 Å². The zero-order chi connectivity index (χ0) is 14.2. The third-order valence-corrected chi connectivity index (χ3v) is 3.47. The summed E-state index contributed by atoms with van der Waals surface area (Å²) in [6.45, 7) is 4.27. The zero-order valence-corrected chi connectivity index (χ0v) is 11.3. The summed E-state index contributed by atoms with van der Waals surface area (Å²) in [5.41, 5.74) is 7.33. The number of carbonyl (C=O) groups is 1. The van der Waals surface area contributed by atoms with Crippen LogP contribution in [0.2, 0.25) is 0 Å². The van der Waals surface area contributed by atoms with E-state index in [1.54, 1.807) is 25.2 Å². The monoisotopic (exact) mass is 262 g/mol. The molecule has 19 heavy (non-hydrogen) atoms. The van der Waals surface area contributed by atoms with Crippen LogP contribution in [0.5, 0.6) is 0 Å². The van der Waals surface area contributed by atoms with E-state index in [1.165, 1.54) is 4.57 Å². The van der Waals surface area contributed by atoms with Gasteiger partial charge in [0.15, 0.2) is 11.4 Å². The van der Waals surface area contributed by atoms with Gasteiger partial charge in [-0.25, -0.2) is 4.79 Å².